The highest BCUT2D eigenvalue weighted by Crippen LogP contribution is 2.33. The van der Waals surface area contributed by atoms with Crippen LogP contribution in [0.25, 0.3) is 11.5 Å². The van der Waals surface area contributed by atoms with E-state index in [2.05, 4.69) is 35.5 Å². The second kappa shape index (κ2) is 9.36. The van der Waals surface area contributed by atoms with Gasteiger partial charge in [0.25, 0.3) is 0 Å². The fourth-order valence-electron chi connectivity index (χ4n) is 4.20. The Bertz CT molecular complexity index is 1200. The number of fused-ring (bicyclic) bond motifs is 1. The first-order valence-corrected chi connectivity index (χ1v) is 13.5. The largest absolute Gasteiger partial charge is 0.301 e. The molecule has 172 valence electrons. The van der Waals surface area contributed by atoms with Crippen LogP contribution >= 0.6 is 11.8 Å². The van der Waals surface area contributed by atoms with Gasteiger partial charge in [0.05, 0.1) is 4.90 Å². The topological polar surface area (TPSA) is 85.9 Å². The van der Waals surface area contributed by atoms with Crippen LogP contribution in [0.2, 0.25) is 0 Å². The number of thioether (sulfide) groups is 1. The molecule has 3 aromatic rings. The average Bonchev–Trinajstić information content (AvgIpc) is 3.34. The second-order valence-electron chi connectivity index (χ2n) is 7.86. The third kappa shape index (κ3) is 4.11. The number of aromatic nitrogens is 5. The molecule has 0 bridgehead atoms. The Labute approximate surface area is 194 Å². The lowest BCUT2D eigenvalue weighted by atomic mass is 10.1. The molecule has 0 N–H and O–H groups in total. The molecular formula is C22H30N6O2S2. The summed E-state index contributed by atoms with van der Waals surface area (Å²) in [5.74, 6) is 1.60. The normalized spacial score (nSPS) is 14.6. The Balaban J connectivity index is 1.68. The molecular weight excluding hydrogens is 444 g/mol. The minimum Gasteiger partial charge on any atom is -0.301 e. The van der Waals surface area contributed by atoms with E-state index in [-0.39, 0.29) is 6.54 Å². The van der Waals surface area contributed by atoms with Gasteiger partial charge in [0, 0.05) is 44.4 Å². The first-order valence-electron chi connectivity index (χ1n) is 11.1. The quantitative estimate of drug-likeness (QED) is 0.465. The number of sulfonamides is 1. The molecule has 0 radical (unpaired) electrons. The molecule has 0 unspecified atom stereocenters. The van der Waals surface area contributed by atoms with Crippen molar-refractivity contribution in [1.29, 1.82) is 0 Å². The molecule has 1 aliphatic heterocycles. The number of hydrogen-bond donors (Lipinski definition) is 0. The summed E-state index contributed by atoms with van der Waals surface area (Å²) in [4.78, 5) is 0.338. The first-order chi connectivity index (χ1) is 15.4. The fourth-order valence-corrected chi connectivity index (χ4v) is 6.34. The zero-order chi connectivity index (χ0) is 22.9. The molecule has 0 saturated heterocycles. The molecule has 1 aliphatic rings. The lowest BCUT2D eigenvalue weighted by molar-refractivity contribution is 0.386. The molecule has 0 spiro atoms. The number of rotatable bonds is 8. The average molecular weight is 475 g/mol. The van der Waals surface area contributed by atoms with E-state index in [9.17, 15) is 8.42 Å². The van der Waals surface area contributed by atoms with E-state index in [0.29, 0.717) is 23.7 Å². The Hall–Kier alpha value is -2.17. The molecule has 1 aromatic carbocycles. The lowest BCUT2D eigenvalue weighted by Gasteiger charge is -2.27. The van der Waals surface area contributed by atoms with Crippen molar-refractivity contribution in [2.75, 3.05) is 12.3 Å². The highest BCUT2D eigenvalue weighted by molar-refractivity contribution is 7.99. The van der Waals surface area contributed by atoms with Gasteiger partial charge in [-0.1, -0.05) is 44.2 Å². The molecule has 32 heavy (non-hydrogen) atoms. The maximum atomic E-state index is 13.4. The summed E-state index contributed by atoms with van der Waals surface area (Å²) in [7, 11) is -1.69. The number of hydrogen-bond acceptors (Lipinski definition) is 6. The van der Waals surface area contributed by atoms with E-state index >= 15 is 0 Å². The molecule has 0 saturated carbocycles. The van der Waals surface area contributed by atoms with E-state index in [1.165, 1.54) is 0 Å². The Kier molecular flexibility index (Phi) is 6.73. The van der Waals surface area contributed by atoms with E-state index in [0.717, 1.165) is 52.8 Å². The molecule has 3 heterocycles. The minimum atomic E-state index is -3.60. The zero-order valence-corrected chi connectivity index (χ0v) is 20.7. The maximum absolute atomic E-state index is 13.4. The van der Waals surface area contributed by atoms with Crippen molar-refractivity contribution in [2.45, 2.75) is 63.2 Å². The third-order valence-electron chi connectivity index (χ3n) is 5.83. The van der Waals surface area contributed by atoms with Crippen LogP contribution in [0.4, 0.5) is 0 Å². The van der Waals surface area contributed by atoms with E-state index < -0.39 is 10.0 Å². The number of nitrogens with zero attached hydrogens (tertiary/aromatic N) is 6. The fraction of sp³-hybridized carbons (Fsp3) is 0.500. The zero-order valence-electron chi connectivity index (χ0n) is 19.1. The SMILES string of the molecule is CCCc1ccc(S(=O)(=O)N2CCc3c(c(-c4nnc(SCC)n4CC)nn3C)C2)cc1. The molecule has 0 amide bonds. The predicted molar refractivity (Wildman–Crippen MR) is 126 cm³/mol. The van der Waals surface area contributed by atoms with Gasteiger partial charge >= 0.3 is 0 Å². The van der Waals surface area contributed by atoms with Crippen LogP contribution in [0, 0.1) is 0 Å². The van der Waals surface area contributed by atoms with Crippen molar-refractivity contribution in [3.05, 3.63) is 41.1 Å². The van der Waals surface area contributed by atoms with E-state index in [4.69, 9.17) is 5.10 Å². The molecule has 8 nitrogen and oxygen atoms in total. The van der Waals surface area contributed by atoms with Gasteiger partial charge in [-0.25, -0.2) is 8.42 Å². The van der Waals surface area contributed by atoms with Crippen LogP contribution in [-0.4, -0.2) is 49.6 Å². The molecule has 0 fully saturated rings. The Morgan fingerprint density at radius 3 is 2.50 bits per heavy atom. The Morgan fingerprint density at radius 1 is 1.09 bits per heavy atom. The third-order valence-corrected chi connectivity index (χ3v) is 8.53. The highest BCUT2D eigenvalue weighted by Gasteiger charge is 2.33. The minimum absolute atomic E-state index is 0.282. The van der Waals surface area contributed by atoms with Gasteiger partial charge in [0.15, 0.2) is 11.0 Å². The summed E-state index contributed by atoms with van der Waals surface area (Å²) in [6.45, 7) is 7.69. The van der Waals surface area contributed by atoms with Crippen molar-refractivity contribution >= 4 is 21.8 Å². The van der Waals surface area contributed by atoms with Crippen molar-refractivity contribution in [3.8, 4) is 11.5 Å². The second-order valence-corrected chi connectivity index (χ2v) is 11.0. The number of benzene rings is 1. The summed E-state index contributed by atoms with van der Waals surface area (Å²) < 4.78 is 32.3. The maximum Gasteiger partial charge on any atom is 0.243 e. The van der Waals surface area contributed by atoms with Crippen molar-refractivity contribution in [2.24, 2.45) is 7.05 Å². The van der Waals surface area contributed by atoms with Gasteiger partial charge in [-0.05, 0) is 36.8 Å². The van der Waals surface area contributed by atoms with Gasteiger partial charge < -0.3 is 4.57 Å². The van der Waals surface area contributed by atoms with E-state index in [1.807, 2.05) is 23.9 Å². The summed E-state index contributed by atoms with van der Waals surface area (Å²) >= 11 is 1.64. The van der Waals surface area contributed by atoms with Crippen LogP contribution in [0.3, 0.4) is 0 Å². The van der Waals surface area contributed by atoms with Crippen molar-refractivity contribution in [3.63, 3.8) is 0 Å². The Morgan fingerprint density at radius 2 is 1.84 bits per heavy atom. The summed E-state index contributed by atoms with van der Waals surface area (Å²) in [6, 6.07) is 7.28. The lowest BCUT2D eigenvalue weighted by Crippen LogP contribution is -2.36. The van der Waals surface area contributed by atoms with Crippen LogP contribution < -0.4 is 0 Å². The summed E-state index contributed by atoms with van der Waals surface area (Å²) in [5.41, 5.74) is 3.85. The van der Waals surface area contributed by atoms with Crippen molar-refractivity contribution in [1.82, 2.24) is 28.9 Å². The molecule has 2 aromatic heterocycles. The van der Waals surface area contributed by atoms with Gasteiger partial charge in [-0.15, -0.1) is 10.2 Å². The van der Waals surface area contributed by atoms with Crippen LogP contribution in [0.1, 0.15) is 44.0 Å². The number of aryl methyl sites for hydroxylation is 2. The van der Waals surface area contributed by atoms with Gasteiger partial charge in [0.2, 0.25) is 10.0 Å². The molecule has 0 atom stereocenters. The molecule has 0 aliphatic carbocycles. The molecule has 10 heteroatoms. The predicted octanol–water partition coefficient (Wildman–Crippen LogP) is 3.51. The standard InChI is InChI=1S/C22H30N6O2S2/c1-5-8-16-9-11-17(12-10-16)32(29,30)27-14-13-19-18(15-27)20(25-26(19)4)21-23-24-22(31-7-3)28(21)6-2/h9-12H,5-8,13-15H2,1-4H3. The highest BCUT2D eigenvalue weighted by atomic mass is 32.2. The summed E-state index contributed by atoms with van der Waals surface area (Å²) in [6.07, 6.45) is 2.59. The van der Waals surface area contributed by atoms with Gasteiger partial charge in [-0.2, -0.15) is 9.40 Å². The van der Waals surface area contributed by atoms with Gasteiger partial charge in [0.1, 0.15) is 5.69 Å². The molecule has 4 rings (SSSR count). The van der Waals surface area contributed by atoms with Gasteiger partial charge in [-0.3, -0.25) is 4.68 Å². The van der Waals surface area contributed by atoms with Crippen LogP contribution in [0.15, 0.2) is 34.3 Å². The smallest absolute Gasteiger partial charge is 0.243 e. The van der Waals surface area contributed by atoms with Crippen LogP contribution in [0.5, 0.6) is 0 Å². The van der Waals surface area contributed by atoms with Crippen LogP contribution in [-0.2, 0) is 43.0 Å². The first kappa shape index (κ1) is 23.0. The summed E-state index contributed by atoms with van der Waals surface area (Å²) in [5, 5.41) is 14.3. The monoisotopic (exact) mass is 474 g/mol. The van der Waals surface area contributed by atoms with E-state index in [1.54, 1.807) is 28.2 Å². The van der Waals surface area contributed by atoms with Crippen molar-refractivity contribution < 1.29 is 8.42 Å².